The van der Waals surface area contributed by atoms with Crippen molar-refractivity contribution in [1.29, 1.82) is 0 Å². The van der Waals surface area contributed by atoms with Gasteiger partial charge in [0.25, 0.3) is 0 Å². The molecule has 170 valence electrons. The molecule has 0 aromatic carbocycles. The van der Waals surface area contributed by atoms with E-state index in [-0.39, 0.29) is 11.8 Å². The first-order chi connectivity index (χ1) is 14.7. The van der Waals surface area contributed by atoms with Crippen molar-refractivity contribution in [1.82, 2.24) is 29.4 Å². The third kappa shape index (κ3) is 4.63. The highest BCUT2D eigenvalue weighted by atomic mass is 19.4. The predicted molar refractivity (Wildman–Crippen MR) is 108 cm³/mol. The van der Waals surface area contributed by atoms with Crippen LogP contribution in [0.25, 0.3) is 0 Å². The third-order valence-electron chi connectivity index (χ3n) is 6.22. The van der Waals surface area contributed by atoms with Crippen LogP contribution in [-0.4, -0.2) is 61.4 Å². The Kier molecular flexibility index (Phi) is 5.85. The summed E-state index contributed by atoms with van der Waals surface area (Å²) in [6, 6.07) is 0.362. The van der Waals surface area contributed by atoms with E-state index in [4.69, 9.17) is 0 Å². The Morgan fingerprint density at radius 2 is 1.87 bits per heavy atom. The Morgan fingerprint density at radius 1 is 1.19 bits per heavy atom. The molecule has 1 saturated heterocycles. The van der Waals surface area contributed by atoms with E-state index in [0.717, 1.165) is 50.8 Å². The first kappa shape index (κ1) is 21.9. The Bertz CT molecular complexity index is 938. The molecule has 0 N–H and O–H groups in total. The van der Waals surface area contributed by atoms with Gasteiger partial charge >= 0.3 is 6.18 Å². The minimum atomic E-state index is -4.51. The maximum atomic E-state index is 13.2. The average molecular weight is 438 g/mol. The van der Waals surface area contributed by atoms with E-state index in [1.54, 1.807) is 11.8 Å². The van der Waals surface area contributed by atoms with Crippen LogP contribution in [0.4, 0.5) is 13.2 Å². The number of hydrogen-bond acceptors (Lipinski definition) is 4. The quantitative estimate of drug-likeness (QED) is 0.695. The lowest BCUT2D eigenvalue weighted by atomic mass is 10.2. The molecule has 1 amide bonds. The highest BCUT2D eigenvalue weighted by Gasteiger charge is 2.39. The van der Waals surface area contributed by atoms with Crippen molar-refractivity contribution in [2.45, 2.75) is 64.8 Å². The first-order valence-corrected chi connectivity index (χ1v) is 10.9. The molecule has 0 bridgehead atoms. The molecule has 1 unspecified atom stereocenters. The molecule has 1 atom stereocenters. The fraction of sp³-hybridized carbons (Fsp3) is 0.667. The normalized spacial score (nSPS) is 19.1. The summed E-state index contributed by atoms with van der Waals surface area (Å²) >= 11 is 0. The van der Waals surface area contributed by atoms with Crippen molar-refractivity contribution in [3.63, 3.8) is 0 Å². The molecule has 1 aliphatic heterocycles. The molecule has 1 aliphatic carbocycles. The molecule has 2 aliphatic rings. The maximum absolute atomic E-state index is 13.2. The second kappa shape index (κ2) is 8.29. The van der Waals surface area contributed by atoms with Gasteiger partial charge in [0.15, 0.2) is 5.69 Å². The monoisotopic (exact) mass is 438 g/mol. The van der Waals surface area contributed by atoms with E-state index in [0.29, 0.717) is 18.8 Å². The van der Waals surface area contributed by atoms with Crippen molar-refractivity contribution in [3.8, 4) is 0 Å². The topological polar surface area (TPSA) is 59.2 Å². The molecular formula is C21H29F3N6O. The molecule has 2 aromatic rings. The van der Waals surface area contributed by atoms with Crippen LogP contribution in [0, 0.1) is 6.92 Å². The number of halogens is 3. The van der Waals surface area contributed by atoms with Crippen LogP contribution in [0.15, 0.2) is 12.3 Å². The van der Waals surface area contributed by atoms with Crippen LogP contribution in [0.1, 0.15) is 61.3 Å². The first-order valence-electron chi connectivity index (χ1n) is 10.9. The fourth-order valence-electron chi connectivity index (χ4n) is 4.15. The van der Waals surface area contributed by atoms with E-state index in [1.165, 1.54) is 10.2 Å². The van der Waals surface area contributed by atoms with Crippen LogP contribution in [0.2, 0.25) is 0 Å². The smallest absolute Gasteiger partial charge is 0.338 e. The lowest BCUT2D eigenvalue weighted by Gasteiger charge is -2.36. The lowest BCUT2D eigenvalue weighted by molar-refractivity contribution is -0.143. The highest BCUT2D eigenvalue weighted by Crippen LogP contribution is 2.43. The van der Waals surface area contributed by atoms with Gasteiger partial charge in [-0.25, -0.2) is 0 Å². The largest absolute Gasteiger partial charge is 0.435 e. The maximum Gasteiger partial charge on any atom is 0.435 e. The van der Waals surface area contributed by atoms with Crippen molar-refractivity contribution < 1.29 is 18.0 Å². The van der Waals surface area contributed by atoms with Gasteiger partial charge in [0.05, 0.1) is 5.69 Å². The summed E-state index contributed by atoms with van der Waals surface area (Å²) < 4.78 is 42.8. The summed E-state index contributed by atoms with van der Waals surface area (Å²) in [4.78, 5) is 17.1. The van der Waals surface area contributed by atoms with Gasteiger partial charge in [-0.3, -0.25) is 19.1 Å². The van der Waals surface area contributed by atoms with Gasteiger partial charge < -0.3 is 4.90 Å². The van der Waals surface area contributed by atoms with Gasteiger partial charge in [-0.15, -0.1) is 0 Å². The molecule has 0 spiro atoms. The summed E-state index contributed by atoms with van der Waals surface area (Å²) in [5, 5.41) is 8.25. The number of piperazine rings is 1. The Hall–Kier alpha value is -2.36. The van der Waals surface area contributed by atoms with Gasteiger partial charge in [-0.2, -0.15) is 23.4 Å². The summed E-state index contributed by atoms with van der Waals surface area (Å²) in [5.41, 5.74) is 1.80. The summed E-state index contributed by atoms with van der Waals surface area (Å²) in [7, 11) is 0. The van der Waals surface area contributed by atoms with Gasteiger partial charge in [0.2, 0.25) is 5.91 Å². The summed E-state index contributed by atoms with van der Waals surface area (Å²) in [6.07, 6.45) is -0.759. The molecule has 3 heterocycles. The Balaban J connectivity index is 1.39. The van der Waals surface area contributed by atoms with Crippen LogP contribution in [0.5, 0.6) is 0 Å². The van der Waals surface area contributed by atoms with Crippen molar-refractivity contribution >= 4 is 5.91 Å². The molecule has 2 fully saturated rings. The number of aryl methyl sites for hydroxylation is 2. The summed E-state index contributed by atoms with van der Waals surface area (Å²) in [5.74, 6) is -0.101. The molecule has 2 aromatic heterocycles. The average Bonchev–Trinajstić information content (AvgIpc) is 3.37. The number of rotatable bonds is 6. The molecule has 1 saturated carbocycles. The molecule has 4 rings (SSSR count). The Morgan fingerprint density at radius 3 is 2.42 bits per heavy atom. The van der Waals surface area contributed by atoms with Crippen molar-refractivity contribution in [2.75, 3.05) is 26.2 Å². The van der Waals surface area contributed by atoms with Gasteiger partial charge in [-0.1, -0.05) is 0 Å². The van der Waals surface area contributed by atoms with Gasteiger partial charge in [-0.05, 0) is 39.7 Å². The number of aromatic nitrogens is 4. The molecule has 7 nitrogen and oxygen atoms in total. The van der Waals surface area contributed by atoms with Crippen molar-refractivity contribution in [2.24, 2.45) is 0 Å². The fourth-order valence-corrected chi connectivity index (χ4v) is 4.15. The molecule has 0 radical (unpaired) electrons. The number of alkyl halides is 3. The SMILES string of the molecule is CCn1cc(CN2CCN(C(=O)C(C)n3nc(C(F)(F)F)cc3C3CC3)CC2)c(C)n1. The summed E-state index contributed by atoms with van der Waals surface area (Å²) in [6.45, 7) is 9.85. The van der Waals surface area contributed by atoms with E-state index < -0.39 is 17.9 Å². The number of amides is 1. The highest BCUT2D eigenvalue weighted by molar-refractivity contribution is 5.80. The van der Waals surface area contributed by atoms with Crippen LogP contribution >= 0.6 is 0 Å². The second-order valence-electron chi connectivity index (χ2n) is 8.54. The zero-order chi connectivity index (χ0) is 22.3. The van der Waals surface area contributed by atoms with Crippen LogP contribution in [0.3, 0.4) is 0 Å². The number of hydrogen-bond donors (Lipinski definition) is 0. The van der Waals surface area contributed by atoms with E-state index in [9.17, 15) is 18.0 Å². The van der Waals surface area contributed by atoms with Crippen LogP contribution < -0.4 is 0 Å². The van der Waals surface area contributed by atoms with E-state index in [2.05, 4.69) is 21.3 Å². The molecule has 10 heteroatoms. The number of carbonyl (C=O) groups excluding carboxylic acids is 1. The molecular weight excluding hydrogens is 409 g/mol. The predicted octanol–water partition coefficient (Wildman–Crippen LogP) is 3.21. The van der Waals surface area contributed by atoms with E-state index >= 15 is 0 Å². The minimum absolute atomic E-state index is 0.0722. The van der Waals surface area contributed by atoms with Crippen LogP contribution in [-0.2, 0) is 24.1 Å². The Labute approximate surface area is 179 Å². The zero-order valence-corrected chi connectivity index (χ0v) is 18.2. The molecule has 31 heavy (non-hydrogen) atoms. The van der Waals surface area contributed by atoms with Gasteiger partial charge in [0.1, 0.15) is 6.04 Å². The number of carbonyl (C=O) groups is 1. The number of nitrogens with zero attached hydrogens (tertiary/aromatic N) is 6. The zero-order valence-electron chi connectivity index (χ0n) is 18.2. The van der Waals surface area contributed by atoms with Gasteiger partial charge in [0, 0.05) is 62.6 Å². The third-order valence-corrected chi connectivity index (χ3v) is 6.22. The van der Waals surface area contributed by atoms with Crippen molar-refractivity contribution in [3.05, 3.63) is 34.9 Å². The van der Waals surface area contributed by atoms with E-state index in [1.807, 2.05) is 18.5 Å². The lowest BCUT2D eigenvalue weighted by Crippen LogP contribution is -2.50. The standard InChI is InChI=1S/C21H29F3N6O/c1-4-29-13-17(14(2)25-29)12-27-7-9-28(10-8-27)20(31)15(3)30-18(16-5-6-16)11-19(26-30)21(22,23)24/h11,13,15-16H,4-10,12H2,1-3H3. The second-order valence-corrected chi connectivity index (χ2v) is 8.54. The minimum Gasteiger partial charge on any atom is -0.338 e.